The first kappa shape index (κ1) is 15.4. The molecular formula is C14H22FN3O. The smallest absolute Gasteiger partial charge is 0.191 e. The third-order valence-electron chi connectivity index (χ3n) is 2.64. The first-order valence-corrected chi connectivity index (χ1v) is 6.36. The van der Waals surface area contributed by atoms with Crippen molar-refractivity contribution in [2.45, 2.75) is 19.4 Å². The zero-order valence-electron chi connectivity index (χ0n) is 11.7. The van der Waals surface area contributed by atoms with Crippen LogP contribution in [0.4, 0.5) is 4.39 Å². The van der Waals surface area contributed by atoms with Gasteiger partial charge in [-0.2, -0.15) is 0 Å². The lowest BCUT2D eigenvalue weighted by Crippen LogP contribution is -2.44. The maximum Gasteiger partial charge on any atom is 0.191 e. The molecule has 2 N–H and O–H groups in total. The summed E-state index contributed by atoms with van der Waals surface area (Å²) in [6.45, 7) is 3.39. The van der Waals surface area contributed by atoms with E-state index in [9.17, 15) is 4.39 Å². The Balaban J connectivity index is 2.32. The normalized spacial score (nSPS) is 13.2. The van der Waals surface area contributed by atoms with Crippen molar-refractivity contribution in [1.29, 1.82) is 0 Å². The highest BCUT2D eigenvalue weighted by molar-refractivity contribution is 5.79. The van der Waals surface area contributed by atoms with Crippen LogP contribution in [0.1, 0.15) is 12.5 Å². The van der Waals surface area contributed by atoms with Crippen LogP contribution in [0.15, 0.2) is 29.3 Å². The summed E-state index contributed by atoms with van der Waals surface area (Å²) in [5.74, 6) is 0.536. The van der Waals surface area contributed by atoms with Crippen LogP contribution in [0.25, 0.3) is 0 Å². The van der Waals surface area contributed by atoms with Gasteiger partial charge in [0.25, 0.3) is 0 Å². The predicted octanol–water partition coefficient (Wildman–Crippen LogP) is 1.57. The van der Waals surface area contributed by atoms with Crippen molar-refractivity contribution in [1.82, 2.24) is 10.6 Å². The van der Waals surface area contributed by atoms with Gasteiger partial charge >= 0.3 is 0 Å². The van der Waals surface area contributed by atoms with Crippen molar-refractivity contribution in [3.05, 3.63) is 35.6 Å². The van der Waals surface area contributed by atoms with Gasteiger partial charge in [-0.25, -0.2) is 4.39 Å². The number of guanidine groups is 1. The van der Waals surface area contributed by atoms with E-state index in [0.29, 0.717) is 6.61 Å². The molecular weight excluding hydrogens is 245 g/mol. The maximum absolute atomic E-state index is 12.8. The second-order valence-electron chi connectivity index (χ2n) is 4.38. The Hall–Kier alpha value is -1.62. The van der Waals surface area contributed by atoms with E-state index in [1.807, 2.05) is 6.92 Å². The second-order valence-corrected chi connectivity index (χ2v) is 4.38. The Morgan fingerprint density at radius 3 is 2.63 bits per heavy atom. The lowest BCUT2D eigenvalue weighted by atomic mass is 10.1. The van der Waals surface area contributed by atoms with Gasteiger partial charge in [0.2, 0.25) is 0 Å². The molecule has 0 aliphatic rings. The summed E-state index contributed by atoms with van der Waals surface area (Å²) in [6, 6.07) is 6.73. The lowest BCUT2D eigenvalue weighted by molar-refractivity contribution is 0.179. The summed E-state index contributed by atoms with van der Waals surface area (Å²) in [5.41, 5.74) is 1.09. The number of ether oxygens (including phenoxy) is 1. The Labute approximate surface area is 114 Å². The number of aliphatic imine (C=N–C) groups is 1. The standard InChI is InChI=1S/C14H22FN3O/c1-11(10-19-3)18-14(16-2)17-9-8-12-4-6-13(15)7-5-12/h4-7,11H,8-10H2,1-3H3,(H2,16,17,18). The fourth-order valence-electron chi connectivity index (χ4n) is 1.70. The molecule has 1 aromatic carbocycles. The highest BCUT2D eigenvalue weighted by atomic mass is 19.1. The molecule has 1 unspecified atom stereocenters. The molecule has 1 aromatic rings. The average molecular weight is 267 g/mol. The summed E-state index contributed by atoms with van der Waals surface area (Å²) in [7, 11) is 3.40. The minimum absolute atomic E-state index is 0.196. The van der Waals surface area contributed by atoms with E-state index >= 15 is 0 Å². The molecule has 1 atom stereocenters. The average Bonchev–Trinajstić information content (AvgIpc) is 2.40. The molecule has 0 heterocycles. The number of rotatable bonds is 6. The number of nitrogens with one attached hydrogen (secondary N) is 2. The molecule has 0 bridgehead atoms. The van der Waals surface area contributed by atoms with Gasteiger partial charge < -0.3 is 15.4 Å². The van der Waals surface area contributed by atoms with Crippen LogP contribution in [-0.2, 0) is 11.2 Å². The van der Waals surface area contributed by atoms with Gasteiger partial charge in [0.15, 0.2) is 5.96 Å². The molecule has 0 aromatic heterocycles. The zero-order chi connectivity index (χ0) is 14.1. The first-order chi connectivity index (χ1) is 9.15. The minimum atomic E-state index is -0.206. The van der Waals surface area contributed by atoms with Crippen molar-refractivity contribution in [2.24, 2.45) is 4.99 Å². The predicted molar refractivity (Wildman–Crippen MR) is 75.9 cm³/mol. The number of benzene rings is 1. The monoisotopic (exact) mass is 267 g/mol. The molecule has 0 amide bonds. The van der Waals surface area contributed by atoms with Crippen LogP contribution in [-0.4, -0.2) is 39.3 Å². The van der Waals surface area contributed by atoms with Crippen molar-refractivity contribution in [3.63, 3.8) is 0 Å². The molecule has 0 saturated heterocycles. The molecule has 0 fully saturated rings. The van der Waals surface area contributed by atoms with Crippen LogP contribution in [0, 0.1) is 5.82 Å². The highest BCUT2D eigenvalue weighted by Gasteiger charge is 2.04. The molecule has 0 spiro atoms. The van der Waals surface area contributed by atoms with E-state index in [0.717, 1.165) is 24.5 Å². The Morgan fingerprint density at radius 1 is 1.37 bits per heavy atom. The fraction of sp³-hybridized carbons (Fsp3) is 0.500. The number of hydrogen-bond donors (Lipinski definition) is 2. The number of halogens is 1. The van der Waals surface area contributed by atoms with Crippen molar-refractivity contribution in [2.75, 3.05) is 27.3 Å². The third kappa shape index (κ3) is 6.20. The molecule has 0 aliphatic heterocycles. The zero-order valence-corrected chi connectivity index (χ0v) is 11.7. The van der Waals surface area contributed by atoms with E-state index < -0.39 is 0 Å². The number of methoxy groups -OCH3 is 1. The Bertz CT molecular complexity index is 392. The van der Waals surface area contributed by atoms with Crippen LogP contribution < -0.4 is 10.6 Å². The van der Waals surface area contributed by atoms with Gasteiger partial charge in [-0.3, -0.25) is 4.99 Å². The highest BCUT2D eigenvalue weighted by Crippen LogP contribution is 2.02. The van der Waals surface area contributed by atoms with Crippen molar-refractivity contribution in [3.8, 4) is 0 Å². The van der Waals surface area contributed by atoms with Gasteiger partial charge in [-0.05, 0) is 31.0 Å². The Morgan fingerprint density at radius 2 is 2.05 bits per heavy atom. The van der Waals surface area contributed by atoms with E-state index in [-0.39, 0.29) is 11.9 Å². The molecule has 1 rings (SSSR count). The molecule has 19 heavy (non-hydrogen) atoms. The van der Waals surface area contributed by atoms with Gasteiger partial charge in [-0.1, -0.05) is 12.1 Å². The van der Waals surface area contributed by atoms with E-state index in [1.165, 1.54) is 12.1 Å². The minimum Gasteiger partial charge on any atom is -0.383 e. The summed E-state index contributed by atoms with van der Waals surface area (Å²) >= 11 is 0. The lowest BCUT2D eigenvalue weighted by Gasteiger charge is -2.17. The second kappa shape index (κ2) is 8.48. The molecule has 0 saturated carbocycles. The topological polar surface area (TPSA) is 45.7 Å². The molecule has 4 nitrogen and oxygen atoms in total. The fourth-order valence-corrected chi connectivity index (χ4v) is 1.70. The summed E-state index contributed by atoms with van der Waals surface area (Å²) in [6.07, 6.45) is 0.819. The van der Waals surface area contributed by atoms with Crippen LogP contribution in [0.3, 0.4) is 0 Å². The van der Waals surface area contributed by atoms with Crippen molar-refractivity contribution < 1.29 is 9.13 Å². The van der Waals surface area contributed by atoms with Gasteiger partial charge in [0.1, 0.15) is 5.82 Å². The molecule has 0 aliphatic carbocycles. The van der Waals surface area contributed by atoms with E-state index in [2.05, 4.69) is 15.6 Å². The summed E-state index contributed by atoms with van der Waals surface area (Å²) in [5, 5.41) is 6.43. The summed E-state index contributed by atoms with van der Waals surface area (Å²) in [4.78, 5) is 4.13. The van der Waals surface area contributed by atoms with Crippen LogP contribution in [0.5, 0.6) is 0 Å². The first-order valence-electron chi connectivity index (χ1n) is 6.36. The molecule has 5 heteroatoms. The molecule has 106 valence electrons. The van der Waals surface area contributed by atoms with E-state index in [4.69, 9.17) is 4.74 Å². The van der Waals surface area contributed by atoms with Crippen molar-refractivity contribution >= 4 is 5.96 Å². The maximum atomic E-state index is 12.8. The molecule has 0 radical (unpaired) electrons. The quantitative estimate of drug-likeness (QED) is 0.607. The van der Waals surface area contributed by atoms with Crippen LogP contribution >= 0.6 is 0 Å². The van der Waals surface area contributed by atoms with Gasteiger partial charge in [-0.15, -0.1) is 0 Å². The van der Waals surface area contributed by atoms with Gasteiger partial charge in [0.05, 0.1) is 6.61 Å². The van der Waals surface area contributed by atoms with Gasteiger partial charge in [0, 0.05) is 26.7 Å². The Kier molecular flexibility index (Phi) is 6.89. The van der Waals surface area contributed by atoms with Crippen LogP contribution in [0.2, 0.25) is 0 Å². The third-order valence-corrected chi connectivity index (χ3v) is 2.64. The largest absolute Gasteiger partial charge is 0.383 e. The summed E-state index contributed by atoms with van der Waals surface area (Å²) < 4.78 is 17.8. The van der Waals surface area contributed by atoms with E-state index in [1.54, 1.807) is 26.3 Å². The number of hydrogen-bond acceptors (Lipinski definition) is 2. The number of nitrogens with zero attached hydrogens (tertiary/aromatic N) is 1. The SMILES string of the molecule is CN=C(NCCc1ccc(F)cc1)NC(C)COC.